The van der Waals surface area contributed by atoms with Crippen LogP contribution in [0.3, 0.4) is 0 Å². The fraction of sp³-hybridized carbons (Fsp3) is 0.800. The molecule has 102 valence electrons. The zero-order valence-corrected chi connectivity index (χ0v) is 11.8. The van der Waals surface area contributed by atoms with E-state index in [-0.39, 0.29) is 23.4 Å². The molecule has 2 saturated carbocycles. The molecule has 0 aromatic carbocycles. The second kappa shape index (κ2) is 6.60. The highest BCUT2D eigenvalue weighted by Crippen LogP contribution is 2.34. The van der Waals surface area contributed by atoms with Crippen LogP contribution in [0.5, 0.6) is 0 Å². The SMILES string of the molecule is C=C(C(=O)OC1CCCCC1)C1CCCCC1Cl. The molecular formula is C15H23ClO2. The first-order chi connectivity index (χ1) is 8.68. The van der Waals surface area contributed by atoms with E-state index < -0.39 is 0 Å². The molecule has 0 N–H and O–H groups in total. The van der Waals surface area contributed by atoms with Gasteiger partial charge in [0.05, 0.1) is 0 Å². The van der Waals surface area contributed by atoms with Crippen LogP contribution in [-0.2, 0) is 9.53 Å². The zero-order chi connectivity index (χ0) is 13.0. The lowest BCUT2D eigenvalue weighted by Crippen LogP contribution is -2.29. The smallest absolute Gasteiger partial charge is 0.334 e. The Balaban J connectivity index is 1.85. The van der Waals surface area contributed by atoms with Crippen molar-refractivity contribution in [2.45, 2.75) is 69.3 Å². The maximum absolute atomic E-state index is 12.1. The summed E-state index contributed by atoms with van der Waals surface area (Å²) >= 11 is 6.30. The lowest BCUT2D eigenvalue weighted by atomic mass is 9.84. The van der Waals surface area contributed by atoms with Gasteiger partial charge >= 0.3 is 5.97 Å². The number of carbonyl (C=O) groups is 1. The summed E-state index contributed by atoms with van der Waals surface area (Å²) in [6.07, 6.45) is 10.0. The van der Waals surface area contributed by atoms with E-state index in [0.717, 1.165) is 38.5 Å². The van der Waals surface area contributed by atoms with Crippen molar-refractivity contribution in [1.82, 2.24) is 0 Å². The Morgan fingerprint density at radius 1 is 1.00 bits per heavy atom. The monoisotopic (exact) mass is 270 g/mol. The summed E-state index contributed by atoms with van der Waals surface area (Å²) in [6, 6.07) is 0. The third-order valence-corrected chi connectivity index (χ3v) is 4.74. The fourth-order valence-electron chi connectivity index (χ4n) is 3.04. The molecule has 0 radical (unpaired) electrons. The minimum atomic E-state index is -0.209. The number of alkyl halides is 1. The molecule has 2 aliphatic carbocycles. The molecule has 18 heavy (non-hydrogen) atoms. The summed E-state index contributed by atoms with van der Waals surface area (Å²) in [4.78, 5) is 12.1. The molecule has 0 saturated heterocycles. The summed E-state index contributed by atoms with van der Waals surface area (Å²) in [7, 11) is 0. The molecule has 0 aliphatic heterocycles. The van der Waals surface area contributed by atoms with Gasteiger partial charge in [-0.1, -0.05) is 25.8 Å². The van der Waals surface area contributed by atoms with Crippen LogP contribution in [0.1, 0.15) is 57.8 Å². The van der Waals surface area contributed by atoms with Crippen LogP contribution >= 0.6 is 11.6 Å². The Labute approximate surface area is 115 Å². The number of hydrogen-bond donors (Lipinski definition) is 0. The van der Waals surface area contributed by atoms with E-state index in [9.17, 15) is 4.79 Å². The van der Waals surface area contributed by atoms with E-state index >= 15 is 0 Å². The third kappa shape index (κ3) is 3.50. The molecule has 0 aromatic heterocycles. The van der Waals surface area contributed by atoms with Crippen LogP contribution in [-0.4, -0.2) is 17.5 Å². The van der Waals surface area contributed by atoms with Gasteiger partial charge in [0.15, 0.2) is 0 Å². The van der Waals surface area contributed by atoms with Crippen LogP contribution in [0.2, 0.25) is 0 Å². The normalized spacial score (nSPS) is 29.8. The first-order valence-corrected chi connectivity index (χ1v) is 7.66. The minimum absolute atomic E-state index is 0.0603. The van der Waals surface area contributed by atoms with Crippen LogP contribution in [0.15, 0.2) is 12.2 Å². The van der Waals surface area contributed by atoms with Crippen molar-refractivity contribution in [3.63, 3.8) is 0 Å². The predicted octanol–water partition coefficient (Wildman–Crippen LogP) is 4.22. The van der Waals surface area contributed by atoms with E-state index in [4.69, 9.17) is 16.3 Å². The molecule has 0 amide bonds. The third-order valence-electron chi connectivity index (χ3n) is 4.22. The maximum Gasteiger partial charge on any atom is 0.334 e. The average molecular weight is 271 g/mol. The largest absolute Gasteiger partial charge is 0.459 e. The molecule has 2 rings (SSSR count). The van der Waals surface area contributed by atoms with Crippen molar-refractivity contribution in [2.75, 3.05) is 0 Å². The predicted molar refractivity (Wildman–Crippen MR) is 73.7 cm³/mol. The zero-order valence-electron chi connectivity index (χ0n) is 11.0. The molecule has 2 fully saturated rings. The van der Waals surface area contributed by atoms with Gasteiger partial charge in [0.1, 0.15) is 6.10 Å². The lowest BCUT2D eigenvalue weighted by Gasteiger charge is -2.29. The van der Waals surface area contributed by atoms with E-state index in [1.54, 1.807) is 0 Å². The topological polar surface area (TPSA) is 26.3 Å². The number of ether oxygens (including phenoxy) is 1. The highest BCUT2D eigenvalue weighted by atomic mass is 35.5. The summed E-state index contributed by atoms with van der Waals surface area (Å²) in [5.74, 6) is -0.0871. The summed E-state index contributed by atoms with van der Waals surface area (Å²) in [6.45, 7) is 3.94. The van der Waals surface area contributed by atoms with Gasteiger partial charge in [0.2, 0.25) is 0 Å². The van der Waals surface area contributed by atoms with Crippen LogP contribution in [0.4, 0.5) is 0 Å². The highest BCUT2D eigenvalue weighted by Gasteiger charge is 2.30. The van der Waals surface area contributed by atoms with Gasteiger partial charge in [-0.25, -0.2) is 4.79 Å². The van der Waals surface area contributed by atoms with Gasteiger partial charge in [-0.05, 0) is 38.5 Å². The Bertz CT molecular complexity index is 308. The van der Waals surface area contributed by atoms with Crippen molar-refractivity contribution >= 4 is 17.6 Å². The Morgan fingerprint density at radius 2 is 1.61 bits per heavy atom. The van der Waals surface area contributed by atoms with E-state index in [2.05, 4.69) is 6.58 Å². The first kappa shape index (κ1) is 13.9. The van der Waals surface area contributed by atoms with Gasteiger partial charge in [-0.2, -0.15) is 0 Å². The minimum Gasteiger partial charge on any atom is -0.459 e. The molecule has 0 heterocycles. The fourth-order valence-corrected chi connectivity index (χ4v) is 3.47. The molecule has 0 spiro atoms. The standard InChI is InChI=1S/C15H23ClO2/c1-11(13-9-5-6-10-14(13)16)15(17)18-12-7-3-2-4-8-12/h12-14H,1-10H2. The molecule has 0 aromatic rings. The lowest BCUT2D eigenvalue weighted by molar-refractivity contribution is -0.146. The molecule has 2 aliphatic rings. The van der Waals surface area contributed by atoms with Gasteiger partial charge in [0, 0.05) is 16.9 Å². The molecule has 2 atom stereocenters. The van der Waals surface area contributed by atoms with E-state index in [1.165, 1.54) is 19.3 Å². The number of carbonyl (C=O) groups excluding carboxylic acids is 1. The second-order valence-electron chi connectivity index (χ2n) is 5.60. The van der Waals surface area contributed by atoms with Gasteiger partial charge < -0.3 is 4.74 Å². The van der Waals surface area contributed by atoms with Crippen LogP contribution in [0, 0.1) is 5.92 Å². The van der Waals surface area contributed by atoms with Gasteiger partial charge in [-0.3, -0.25) is 0 Å². The summed E-state index contributed by atoms with van der Waals surface area (Å²) in [5, 5.41) is 0.0603. The number of rotatable bonds is 3. The maximum atomic E-state index is 12.1. The summed E-state index contributed by atoms with van der Waals surface area (Å²) < 4.78 is 5.56. The summed E-state index contributed by atoms with van der Waals surface area (Å²) in [5.41, 5.74) is 0.597. The van der Waals surface area contributed by atoms with Crippen molar-refractivity contribution in [3.05, 3.63) is 12.2 Å². The Morgan fingerprint density at radius 3 is 2.28 bits per heavy atom. The van der Waals surface area contributed by atoms with Crippen molar-refractivity contribution < 1.29 is 9.53 Å². The molecule has 2 unspecified atom stereocenters. The van der Waals surface area contributed by atoms with E-state index in [0.29, 0.717) is 5.57 Å². The van der Waals surface area contributed by atoms with Crippen LogP contribution < -0.4 is 0 Å². The molecule has 2 nitrogen and oxygen atoms in total. The number of halogens is 1. The number of hydrogen-bond acceptors (Lipinski definition) is 2. The molecule has 3 heteroatoms. The second-order valence-corrected chi connectivity index (χ2v) is 6.16. The average Bonchev–Trinajstić information content (AvgIpc) is 2.39. The first-order valence-electron chi connectivity index (χ1n) is 7.22. The highest BCUT2D eigenvalue weighted by molar-refractivity contribution is 6.21. The van der Waals surface area contributed by atoms with Crippen LogP contribution in [0.25, 0.3) is 0 Å². The van der Waals surface area contributed by atoms with E-state index in [1.807, 2.05) is 0 Å². The van der Waals surface area contributed by atoms with Gasteiger partial charge in [0.25, 0.3) is 0 Å². The number of esters is 1. The molecular weight excluding hydrogens is 248 g/mol. The van der Waals surface area contributed by atoms with Crippen molar-refractivity contribution in [1.29, 1.82) is 0 Å². The van der Waals surface area contributed by atoms with Gasteiger partial charge in [-0.15, -0.1) is 11.6 Å². The van der Waals surface area contributed by atoms with Crippen molar-refractivity contribution in [3.8, 4) is 0 Å². The molecule has 0 bridgehead atoms. The quantitative estimate of drug-likeness (QED) is 0.436. The Kier molecular flexibility index (Phi) is 5.11. The van der Waals surface area contributed by atoms with Crippen molar-refractivity contribution in [2.24, 2.45) is 5.92 Å². The Hall–Kier alpha value is -0.500.